The molecule has 0 aliphatic carbocycles. The molecule has 1 aliphatic heterocycles. The summed E-state index contributed by atoms with van der Waals surface area (Å²) in [6.07, 6.45) is 5.20. The quantitative estimate of drug-likeness (QED) is 0.581. The first kappa shape index (κ1) is 17.1. The molecule has 0 amide bonds. The minimum atomic E-state index is -0.173. The van der Waals surface area contributed by atoms with Crippen molar-refractivity contribution >= 4 is 23.5 Å². The predicted molar refractivity (Wildman–Crippen MR) is 97.9 cm³/mol. The number of para-hydroxylation sites is 1. The monoisotopic (exact) mass is 356 g/mol. The van der Waals surface area contributed by atoms with Crippen LogP contribution >= 0.6 is 11.6 Å². The Morgan fingerprint density at radius 2 is 2.04 bits per heavy atom. The molecule has 1 heterocycles. The third-order valence-corrected chi connectivity index (χ3v) is 4.06. The van der Waals surface area contributed by atoms with Crippen LogP contribution in [0, 0.1) is 0 Å². The average molecular weight is 357 g/mol. The van der Waals surface area contributed by atoms with Gasteiger partial charge >= 0.3 is 0 Å². The maximum atomic E-state index is 12.5. The van der Waals surface area contributed by atoms with Crippen LogP contribution in [0.5, 0.6) is 17.2 Å². The van der Waals surface area contributed by atoms with Crippen LogP contribution in [-0.4, -0.2) is 26.6 Å². The van der Waals surface area contributed by atoms with E-state index in [9.17, 15) is 4.79 Å². The lowest BCUT2D eigenvalue weighted by atomic mass is 10.0. The normalized spacial score (nSPS) is 13.0. The highest BCUT2D eigenvalue weighted by molar-refractivity contribution is 6.30. The molecular weight excluding hydrogens is 340 g/mol. The Kier molecular flexibility index (Phi) is 5.10. The number of carbonyl (C=O) groups excluding carboxylic acids is 1. The second-order valence-corrected chi connectivity index (χ2v) is 5.87. The molecule has 0 bridgehead atoms. The van der Waals surface area contributed by atoms with E-state index >= 15 is 0 Å². The van der Waals surface area contributed by atoms with Crippen molar-refractivity contribution in [3.05, 3.63) is 70.3 Å². The van der Waals surface area contributed by atoms with Gasteiger partial charge in [-0.05, 0) is 48.1 Å². The number of hydrogen-bond acceptors (Lipinski definition) is 4. The molecule has 128 valence electrons. The Morgan fingerprint density at radius 3 is 2.80 bits per heavy atom. The summed E-state index contributed by atoms with van der Waals surface area (Å²) in [5.41, 5.74) is 2.22. The lowest BCUT2D eigenvalue weighted by molar-refractivity contribution is 0.104. The molecule has 1 aliphatic rings. The topological polar surface area (TPSA) is 44.8 Å². The van der Waals surface area contributed by atoms with Crippen LogP contribution in [0.25, 0.3) is 6.08 Å². The highest BCUT2D eigenvalue weighted by Crippen LogP contribution is 2.32. The molecule has 0 spiro atoms. The molecule has 25 heavy (non-hydrogen) atoms. The minimum absolute atomic E-state index is 0.173. The molecule has 3 rings (SSSR count). The lowest BCUT2D eigenvalue weighted by Crippen LogP contribution is -2.06. The molecule has 2 aromatic carbocycles. The van der Waals surface area contributed by atoms with Crippen LogP contribution in [0.3, 0.4) is 0 Å². The van der Waals surface area contributed by atoms with E-state index < -0.39 is 0 Å². The molecule has 4 nitrogen and oxygen atoms in total. The van der Waals surface area contributed by atoms with Gasteiger partial charge in [-0.2, -0.15) is 0 Å². The van der Waals surface area contributed by atoms with Crippen molar-refractivity contribution in [1.29, 1.82) is 0 Å². The van der Waals surface area contributed by atoms with Gasteiger partial charge in [-0.25, -0.2) is 0 Å². The zero-order valence-corrected chi connectivity index (χ0v) is 14.7. The van der Waals surface area contributed by atoms with Gasteiger partial charge in [-0.15, -0.1) is 0 Å². The fourth-order valence-corrected chi connectivity index (χ4v) is 2.80. The average Bonchev–Trinajstić information content (AvgIpc) is 2.64. The third kappa shape index (κ3) is 3.69. The fraction of sp³-hybridized carbons (Fsp3) is 0.150. The van der Waals surface area contributed by atoms with Crippen molar-refractivity contribution in [2.24, 2.45) is 0 Å². The third-order valence-electron chi connectivity index (χ3n) is 3.82. The molecule has 0 saturated carbocycles. The highest BCUT2D eigenvalue weighted by atomic mass is 35.5. The van der Waals surface area contributed by atoms with Crippen molar-refractivity contribution in [1.82, 2.24) is 0 Å². The molecule has 0 N–H and O–H groups in total. The molecule has 0 radical (unpaired) electrons. The van der Waals surface area contributed by atoms with Crippen molar-refractivity contribution < 1.29 is 19.0 Å². The number of allylic oxidation sites excluding steroid dienone is 1. The van der Waals surface area contributed by atoms with E-state index in [1.165, 1.54) is 20.3 Å². The largest absolute Gasteiger partial charge is 0.493 e. The highest BCUT2D eigenvalue weighted by Gasteiger charge is 2.15. The second kappa shape index (κ2) is 7.45. The number of fused-ring (bicyclic) bond motifs is 1. The van der Waals surface area contributed by atoms with E-state index in [4.69, 9.17) is 25.8 Å². The Labute approximate surface area is 151 Å². The lowest BCUT2D eigenvalue weighted by Gasteiger charge is -2.16. The predicted octanol–water partition coefficient (Wildman–Crippen LogP) is 4.57. The van der Waals surface area contributed by atoms with Crippen LogP contribution in [0.15, 0.2) is 54.1 Å². The van der Waals surface area contributed by atoms with Crippen molar-refractivity contribution in [3.63, 3.8) is 0 Å². The van der Waals surface area contributed by atoms with Gasteiger partial charge in [0.15, 0.2) is 17.3 Å². The summed E-state index contributed by atoms with van der Waals surface area (Å²) in [6.45, 7) is 0.396. The zero-order chi connectivity index (χ0) is 17.8. The van der Waals surface area contributed by atoms with E-state index in [1.807, 2.05) is 18.2 Å². The van der Waals surface area contributed by atoms with Gasteiger partial charge in [0.2, 0.25) is 0 Å². The van der Waals surface area contributed by atoms with Crippen LogP contribution in [0.1, 0.15) is 15.9 Å². The van der Waals surface area contributed by atoms with Gasteiger partial charge < -0.3 is 14.2 Å². The van der Waals surface area contributed by atoms with E-state index in [1.54, 1.807) is 30.3 Å². The minimum Gasteiger partial charge on any atom is -0.493 e. The Morgan fingerprint density at radius 1 is 1.20 bits per heavy atom. The number of halogens is 1. The Hall–Kier alpha value is -2.72. The summed E-state index contributed by atoms with van der Waals surface area (Å²) in [6, 6.07) is 10.7. The van der Waals surface area contributed by atoms with Crippen LogP contribution < -0.4 is 14.2 Å². The maximum absolute atomic E-state index is 12.5. The van der Waals surface area contributed by atoms with Gasteiger partial charge in [0, 0.05) is 10.6 Å². The summed E-state index contributed by atoms with van der Waals surface area (Å²) in [5.74, 6) is 1.55. The standard InChI is InChI=1S/C20H17ClO4/c1-23-19-5-3-4-16(20(19)24-2)17(22)8-6-13-10-14-11-15(21)7-9-18(14)25-12-13/h3-11H,12H2,1-2H3/b8-6+. The van der Waals surface area contributed by atoms with Crippen LogP contribution in [-0.2, 0) is 0 Å². The summed E-state index contributed by atoms with van der Waals surface area (Å²) in [5, 5.41) is 0.640. The van der Waals surface area contributed by atoms with E-state index in [0.29, 0.717) is 28.7 Å². The summed E-state index contributed by atoms with van der Waals surface area (Å²) in [7, 11) is 3.05. The summed E-state index contributed by atoms with van der Waals surface area (Å²) >= 11 is 6.01. The van der Waals surface area contributed by atoms with Crippen molar-refractivity contribution in [3.8, 4) is 17.2 Å². The SMILES string of the molecule is COc1cccc(C(=O)/C=C/C2=Cc3cc(Cl)ccc3OC2)c1OC. The van der Waals surface area contributed by atoms with Crippen LogP contribution in [0.2, 0.25) is 5.02 Å². The second-order valence-electron chi connectivity index (χ2n) is 5.43. The smallest absolute Gasteiger partial charge is 0.189 e. The zero-order valence-electron chi connectivity index (χ0n) is 13.9. The molecular formula is C20H17ClO4. The van der Waals surface area contributed by atoms with E-state index in [2.05, 4.69) is 0 Å². The number of ketones is 1. The van der Waals surface area contributed by atoms with E-state index in [-0.39, 0.29) is 5.78 Å². The van der Waals surface area contributed by atoms with Gasteiger partial charge in [0.05, 0.1) is 19.8 Å². The summed E-state index contributed by atoms with van der Waals surface area (Å²) in [4.78, 5) is 12.5. The molecule has 5 heteroatoms. The van der Waals surface area contributed by atoms with Crippen molar-refractivity contribution in [2.45, 2.75) is 0 Å². The van der Waals surface area contributed by atoms with Crippen molar-refractivity contribution in [2.75, 3.05) is 20.8 Å². The fourth-order valence-electron chi connectivity index (χ4n) is 2.62. The number of ether oxygens (including phenoxy) is 3. The maximum Gasteiger partial charge on any atom is 0.189 e. The first-order valence-corrected chi connectivity index (χ1v) is 8.06. The number of methoxy groups -OCH3 is 2. The number of carbonyl (C=O) groups is 1. The van der Waals surface area contributed by atoms with Crippen LogP contribution in [0.4, 0.5) is 0 Å². The Balaban J connectivity index is 1.84. The van der Waals surface area contributed by atoms with Gasteiger partial charge in [-0.3, -0.25) is 4.79 Å². The van der Waals surface area contributed by atoms with E-state index in [0.717, 1.165) is 16.9 Å². The number of benzene rings is 2. The van der Waals surface area contributed by atoms with Gasteiger partial charge in [-0.1, -0.05) is 23.7 Å². The van der Waals surface area contributed by atoms with Gasteiger partial charge in [0.25, 0.3) is 0 Å². The molecule has 0 aromatic heterocycles. The number of hydrogen-bond donors (Lipinski definition) is 0. The molecule has 0 unspecified atom stereocenters. The Bertz CT molecular complexity index is 868. The first-order chi connectivity index (χ1) is 12.1. The number of rotatable bonds is 5. The molecule has 0 atom stereocenters. The molecule has 2 aromatic rings. The molecule has 0 saturated heterocycles. The van der Waals surface area contributed by atoms with Gasteiger partial charge in [0.1, 0.15) is 12.4 Å². The molecule has 0 fully saturated rings. The first-order valence-electron chi connectivity index (χ1n) is 7.68. The summed E-state index contributed by atoms with van der Waals surface area (Å²) < 4.78 is 16.2.